The van der Waals surface area contributed by atoms with Crippen LogP contribution >= 0.6 is 0 Å². The second-order valence-corrected chi connectivity index (χ2v) is 5.05. The Labute approximate surface area is 108 Å². The van der Waals surface area contributed by atoms with E-state index in [-0.39, 0.29) is 17.5 Å². The lowest BCUT2D eigenvalue weighted by molar-refractivity contribution is 0.0245. The SMILES string of the molecule is CC1OCCC1(CN)N(C)Cc1ccc(F)cc1. The molecule has 3 nitrogen and oxygen atoms in total. The molecule has 1 aliphatic rings. The first-order valence-electron chi connectivity index (χ1n) is 6.36. The number of nitrogens with zero attached hydrogens (tertiary/aromatic N) is 1. The molecule has 1 saturated heterocycles. The molecule has 0 spiro atoms. The standard InChI is InChI=1S/C14H21FN2O/c1-11-14(10-16,7-8-18-11)17(2)9-12-3-5-13(15)6-4-12/h3-6,11H,7-10,16H2,1-2H3. The summed E-state index contributed by atoms with van der Waals surface area (Å²) in [5.41, 5.74) is 6.94. The summed E-state index contributed by atoms with van der Waals surface area (Å²) in [6, 6.07) is 6.62. The highest BCUT2D eigenvalue weighted by Gasteiger charge is 2.43. The second-order valence-electron chi connectivity index (χ2n) is 5.05. The van der Waals surface area contributed by atoms with Crippen molar-refractivity contribution in [3.63, 3.8) is 0 Å². The number of hydrogen-bond donors (Lipinski definition) is 1. The molecule has 0 saturated carbocycles. The van der Waals surface area contributed by atoms with E-state index in [9.17, 15) is 4.39 Å². The quantitative estimate of drug-likeness (QED) is 0.887. The number of hydrogen-bond acceptors (Lipinski definition) is 3. The third-order valence-electron chi connectivity index (χ3n) is 4.11. The van der Waals surface area contributed by atoms with Crippen LogP contribution in [0.4, 0.5) is 4.39 Å². The van der Waals surface area contributed by atoms with Gasteiger partial charge in [0.1, 0.15) is 5.82 Å². The Morgan fingerprint density at radius 2 is 2.11 bits per heavy atom. The fourth-order valence-electron chi connectivity index (χ4n) is 2.72. The van der Waals surface area contributed by atoms with Gasteiger partial charge in [-0.15, -0.1) is 0 Å². The van der Waals surface area contributed by atoms with E-state index in [2.05, 4.69) is 18.9 Å². The van der Waals surface area contributed by atoms with Gasteiger partial charge in [-0.25, -0.2) is 4.39 Å². The number of halogens is 1. The van der Waals surface area contributed by atoms with Crippen LogP contribution in [0.5, 0.6) is 0 Å². The van der Waals surface area contributed by atoms with E-state index in [0.29, 0.717) is 6.54 Å². The van der Waals surface area contributed by atoms with Gasteiger partial charge in [0.15, 0.2) is 0 Å². The van der Waals surface area contributed by atoms with E-state index in [1.165, 1.54) is 12.1 Å². The molecule has 0 aliphatic carbocycles. The van der Waals surface area contributed by atoms with Crippen LogP contribution in [-0.4, -0.2) is 36.7 Å². The van der Waals surface area contributed by atoms with Crippen LogP contribution in [0.2, 0.25) is 0 Å². The first kappa shape index (κ1) is 13.5. The first-order valence-corrected chi connectivity index (χ1v) is 6.36. The molecule has 2 atom stereocenters. The Balaban J connectivity index is 2.10. The maximum Gasteiger partial charge on any atom is 0.123 e. The first-order chi connectivity index (χ1) is 8.58. The summed E-state index contributed by atoms with van der Waals surface area (Å²) in [5, 5.41) is 0. The zero-order valence-corrected chi connectivity index (χ0v) is 11.0. The summed E-state index contributed by atoms with van der Waals surface area (Å²) in [6.45, 7) is 4.16. The fraction of sp³-hybridized carbons (Fsp3) is 0.571. The molecule has 1 heterocycles. The molecule has 0 bridgehead atoms. The van der Waals surface area contributed by atoms with Crippen molar-refractivity contribution < 1.29 is 9.13 Å². The van der Waals surface area contributed by atoms with Crippen molar-refractivity contribution in [3.8, 4) is 0 Å². The van der Waals surface area contributed by atoms with Crippen LogP contribution < -0.4 is 5.73 Å². The van der Waals surface area contributed by atoms with Crippen molar-refractivity contribution in [2.24, 2.45) is 5.73 Å². The van der Waals surface area contributed by atoms with Crippen LogP contribution in [0, 0.1) is 5.82 Å². The molecular weight excluding hydrogens is 231 g/mol. The Bertz CT molecular complexity index is 395. The normalized spacial score (nSPS) is 27.9. The van der Waals surface area contributed by atoms with Crippen LogP contribution in [0.3, 0.4) is 0 Å². The van der Waals surface area contributed by atoms with Crippen LogP contribution in [0.15, 0.2) is 24.3 Å². The average Bonchev–Trinajstić information content (AvgIpc) is 2.74. The molecule has 2 unspecified atom stereocenters. The largest absolute Gasteiger partial charge is 0.376 e. The summed E-state index contributed by atoms with van der Waals surface area (Å²) >= 11 is 0. The van der Waals surface area contributed by atoms with Crippen LogP contribution in [-0.2, 0) is 11.3 Å². The van der Waals surface area contributed by atoms with Gasteiger partial charge in [0.05, 0.1) is 11.6 Å². The highest BCUT2D eigenvalue weighted by molar-refractivity contribution is 5.16. The van der Waals surface area contributed by atoms with E-state index in [1.54, 1.807) is 0 Å². The van der Waals surface area contributed by atoms with Gasteiger partial charge in [0.25, 0.3) is 0 Å². The molecule has 2 N–H and O–H groups in total. The molecule has 4 heteroatoms. The minimum Gasteiger partial charge on any atom is -0.376 e. The lowest BCUT2D eigenvalue weighted by Crippen LogP contribution is -2.56. The Hall–Kier alpha value is -0.970. The maximum absolute atomic E-state index is 12.9. The van der Waals surface area contributed by atoms with Gasteiger partial charge in [-0.3, -0.25) is 4.90 Å². The van der Waals surface area contributed by atoms with Gasteiger partial charge in [-0.1, -0.05) is 12.1 Å². The molecule has 1 aromatic carbocycles. The zero-order valence-electron chi connectivity index (χ0n) is 11.0. The minimum absolute atomic E-state index is 0.103. The number of ether oxygens (including phenoxy) is 1. The van der Waals surface area contributed by atoms with Crippen molar-refractivity contribution in [1.29, 1.82) is 0 Å². The number of likely N-dealkylation sites (N-methyl/N-ethyl adjacent to an activating group) is 1. The number of nitrogens with two attached hydrogens (primary N) is 1. The van der Waals surface area contributed by atoms with Crippen LogP contribution in [0.25, 0.3) is 0 Å². The molecule has 1 aromatic rings. The molecular formula is C14H21FN2O. The van der Waals surface area contributed by atoms with Crippen molar-refractivity contribution in [3.05, 3.63) is 35.6 Å². The van der Waals surface area contributed by atoms with E-state index >= 15 is 0 Å². The van der Waals surface area contributed by atoms with Crippen LogP contribution in [0.1, 0.15) is 18.9 Å². The maximum atomic E-state index is 12.9. The van der Waals surface area contributed by atoms with E-state index in [0.717, 1.165) is 25.1 Å². The molecule has 1 fully saturated rings. The summed E-state index contributed by atoms with van der Waals surface area (Å²) in [6.07, 6.45) is 1.08. The van der Waals surface area contributed by atoms with Gasteiger partial charge in [-0.05, 0) is 38.1 Å². The Morgan fingerprint density at radius 1 is 1.44 bits per heavy atom. The van der Waals surface area contributed by atoms with Gasteiger partial charge in [0.2, 0.25) is 0 Å². The minimum atomic E-state index is -0.201. The molecule has 1 aliphatic heterocycles. The summed E-state index contributed by atoms with van der Waals surface area (Å²) in [4.78, 5) is 2.23. The average molecular weight is 252 g/mol. The molecule has 18 heavy (non-hydrogen) atoms. The third kappa shape index (κ3) is 2.41. The molecule has 0 amide bonds. The highest BCUT2D eigenvalue weighted by atomic mass is 19.1. The topological polar surface area (TPSA) is 38.5 Å². The van der Waals surface area contributed by atoms with Gasteiger partial charge >= 0.3 is 0 Å². The predicted octanol–water partition coefficient (Wildman–Crippen LogP) is 1.76. The Kier molecular flexibility index (Phi) is 4.00. The summed E-state index contributed by atoms with van der Waals surface area (Å²) in [5.74, 6) is -0.201. The van der Waals surface area contributed by atoms with Crippen molar-refractivity contribution in [1.82, 2.24) is 4.90 Å². The zero-order chi connectivity index (χ0) is 13.2. The number of benzene rings is 1. The third-order valence-corrected chi connectivity index (χ3v) is 4.11. The van der Waals surface area contributed by atoms with E-state index in [4.69, 9.17) is 10.5 Å². The fourth-order valence-corrected chi connectivity index (χ4v) is 2.72. The Morgan fingerprint density at radius 3 is 2.61 bits per heavy atom. The summed E-state index contributed by atoms with van der Waals surface area (Å²) < 4.78 is 18.5. The molecule has 0 radical (unpaired) electrons. The lowest BCUT2D eigenvalue weighted by atomic mass is 9.90. The van der Waals surface area contributed by atoms with Gasteiger partial charge < -0.3 is 10.5 Å². The molecule has 2 rings (SSSR count). The smallest absolute Gasteiger partial charge is 0.123 e. The van der Waals surface area contributed by atoms with E-state index < -0.39 is 0 Å². The van der Waals surface area contributed by atoms with Crippen molar-refractivity contribution in [2.75, 3.05) is 20.2 Å². The summed E-state index contributed by atoms with van der Waals surface area (Å²) in [7, 11) is 2.06. The van der Waals surface area contributed by atoms with Gasteiger partial charge in [0, 0.05) is 19.7 Å². The highest BCUT2D eigenvalue weighted by Crippen LogP contribution is 2.31. The predicted molar refractivity (Wildman–Crippen MR) is 69.7 cm³/mol. The molecule has 100 valence electrons. The van der Waals surface area contributed by atoms with E-state index in [1.807, 2.05) is 12.1 Å². The molecule has 0 aromatic heterocycles. The lowest BCUT2D eigenvalue weighted by Gasteiger charge is -2.40. The number of rotatable bonds is 4. The second kappa shape index (κ2) is 5.34. The van der Waals surface area contributed by atoms with Crippen molar-refractivity contribution in [2.45, 2.75) is 31.5 Å². The van der Waals surface area contributed by atoms with Crippen molar-refractivity contribution >= 4 is 0 Å². The van der Waals surface area contributed by atoms with Gasteiger partial charge in [-0.2, -0.15) is 0 Å². The monoisotopic (exact) mass is 252 g/mol.